The minimum Gasteiger partial charge on any atom is -0.444 e. The van der Waals surface area contributed by atoms with Crippen molar-refractivity contribution in [2.75, 3.05) is 6.54 Å². The van der Waals surface area contributed by atoms with E-state index in [-0.39, 0.29) is 12.1 Å². The Morgan fingerprint density at radius 1 is 1.42 bits per heavy atom. The normalized spacial score (nSPS) is 19.6. The van der Waals surface area contributed by atoms with Crippen LogP contribution in [-0.4, -0.2) is 28.1 Å². The lowest BCUT2D eigenvalue weighted by Crippen LogP contribution is -2.36. The highest BCUT2D eigenvalue weighted by Gasteiger charge is 2.33. The van der Waals surface area contributed by atoms with E-state index in [1.807, 2.05) is 44.9 Å². The molecule has 1 fully saturated rings. The highest BCUT2D eigenvalue weighted by Crippen LogP contribution is 2.32. The first-order valence-corrected chi connectivity index (χ1v) is 6.79. The Hall–Kier alpha value is -1.58. The van der Waals surface area contributed by atoms with E-state index in [1.165, 1.54) is 0 Å². The van der Waals surface area contributed by atoms with Crippen LogP contribution >= 0.6 is 0 Å². The van der Waals surface area contributed by atoms with Gasteiger partial charge in [-0.25, -0.2) is 4.79 Å². The smallest absolute Gasteiger partial charge is 0.410 e. The number of likely N-dealkylation sites (tertiary alicyclic amines) is 1. The molecule has 1 saturated heterocycles. The van der Waals surface area contributed by atoms with Gasteiger partial charge < -0.3 is 9.64 Å². The molecule has 0 aliphatic carbocycles. The molecular formula is C15H22N2O2. The fourth-order valence-electron chi connectivity index (χ4n) is 2.33. The van der Waals surface area contributed by atoms with Crippen LogP contribution in [0, 0.1) is 6.92 Å². The summed E-state index contributed by atoms with van der Waals surface area (Å²) in [7, 11) is 0. The third-order valence-electron chi connectivity index (χ3n) is 3.20. The molecule has 1 aliphatic heterocycles. The van der Waals surface area contributed by atoms with Crippen molar-refractivity contribution in [3.8, 4) is 0 Å². The summed E-state index contributed by atoms with van der Waals surface area (Å²) in [5.41, 5.74) is 1.63. The van der Waals surface area contributed by atoms with Crippen LogP contribution < -0.4 is 0 Å². The molecule has 1 aliphatic rings. The topological polar surface area (TPSA) is 42.4 Å². The Labute approximate surface area is 114 Å². The number of aromatic nitrogens is 1. The van der Waals surface area contributed by atoms with Gasteiger partial charge in [-0.15, -0.1) is 0 Å². The number of carbonyl (C=O) groups is 1. The van der Waals surface area contributed by atoms with E-state index in [9.17, 15) is 4.79 Å². The summed E-state index contributed by atoms with van der Waals surface area (Å²) in [6.45, 7) is 8.40. The second-order valence-electron chi connectivity index (χ2n) is 6.06. The van der Waals surface area contributed by atoms with Crippen LogP contribution in [-0.2, 0) is 4.74 Å². The summed E-state index contributed by atoms with van der Waals surface area (Å²) in [5.74, 6) is 0. The van der Waals surface area contributed by atoms with Crippen LogP contribution in [0.15, 0.2) is 18.3 Å². The van der Waals surface area contributed by atoms with Crippen LogP contribution in [0.2, 0.25) is 0 Å². The van der Waals surface area contributed by atoms with Crippen molar-refractivity contribution in [1.29, 1.82) is 0 Å². The quantitative estimate of drug-likeness (QED) is 0.778. The van der Waals surface area contributed by atoms with Gasteiger partial charge in [-0.1, -0.05) is 6.07 Å². The number of carbonyl (C=O) groups excluding carboxylic acids is 1. The highest BCUT2D eigenvalue weighted by atomic mass is 16.6. The second kappa shape index (κ2) is 5.19. The number of pyridine rings is 1. The van der Waals surface area contributed by atoms with Crippen molar-refractivity contribution < 1.29 is 9.53 Å². The maximum absolute atomic E-state index is 12.2. The van der Waals surface area contributed by atoms with Crippen LogP contribution in [0.1, 0.15) is 50.9 Å². The molecule has 0 aromatic carbocycles. The molecule has 2 heterocycles. The van der Waals surface area contributed by atoms with Crippen LogP contribution in [0.4, 0.5) is 4.79 Å². The Bertz CT molecular complexity index is 448. The molecule has 104 valence electrons. The number of ether oxygens (including phenoxy) is 1. The van der Waals surface area contributed by atoms with Gasteiger partial charge >= 0.3 is 6.09 Å². The third kappa shape index (κ3) is 3.46. The number of nitrogens with zero attached hydrogens (tertiary/aromatic N) is 2. The Kier molecular flexibility index (Phi) is 3.78. The minimum atomic E-state index is -0.449. The third-order valence-corrected chi connectivity index (χ3v) is 3.20. The molecule has 1 aromatic rings. The fraction of sp³-hybridized carbons (Fsp3) is 0.600. The van der Waals surface area contributed by atoms with Gasteiger partial charge in [0.25, 0.3) is 0 Å². The molecule has 1 amide bonds. The van der Waals surface area contributed by atoms with E-state index >= 15 is 0 Å². The molecule has 4 nitrogen and oxygen atoms in total. The standard InChI is InChI=1S/C15H22N2O2/c1-11-7-8-12(10-16-11)13-6-5-9-17(13)14(18)19-15(2,3)4/h7-8,10,13H,5-6,9H2,1-4H3/t13-/m1/s1. The largest absolute Gasteiger partial charge is 0.444 e. The first-order valence-electron chi connectivity index (χ1n) is 6.79. The molecule has 0 radical (unpaired) electrons. The average molecular weight is 262 g/mol. The molecule has 1 aromatic heterocycles. The van der Waals surface area contributed by atoms with Gasteiger partial charge in [-0.3, -0.25) is 4.98 Å². The second-order valence-corrected chi connectivity index (χ2v) is 6.06. The van der Waals surface area contributed by atoms with Crippen molar-refractivity contribution in [2.45, 2.75) is 52.2 Å². The number of rotatable bonds is 1. The van der Waals surface area contributed by atoms with Crippen molar-refractivity contribution in [2.24, 2.45) is 0 Å². The fourth-order valence-corrected chi connectivity index (χ4v) is 2.33. The van der Waals surface area contributed by atoms with E-state index in [0.717, 1.165) is 30.6 Å². The van der Waals surface area contributed by atoms with E-state index in [0.29, 0.717) is 0 Å². The van der Waals surface area contributed by atoms with Crippen LogP contribution in [0.5, 0.6) is 0 Å². The number of aryl methyl sites for hydroxylation is 1. The number of amides is 1. The van der Waals surface area contributed by atoms with Gasteiger partial charge in [-0.05, 0) is 52.2 Å². The zero-order chi connectivity index (χ0) is 14.0. The zero-order valence-corrected chi connectivity index (χ0v) is 12.1. The molecule has 19 heavy (non-hydrogen) atoms. The highest BCUT2D eigenvalue weighted by molar-refractivity contribution is 5.69. The van der Waals surface area contributed by atoms with Crippen molar-refractivity contribution in [3.63, 3.8) is 0 Å². The number of hydrogen-bond acceptors (Lipinski definition) is 3. The van der Waals surface area contributed by atoms with Gasteiger partial charge in [-0.2, -0.15) is 0 Å². The first kappa shape index (κ1) is 13.8. The minimum absolute atomic E-state index is 0.1000. The van der Waals surface area contributed by atoms with E-state index in [1.54, 1.807) is 0 Å². The molecule has 0 saturated carbocycles. The summed E-state index contributed by atoms with van der Waals surface area (Å²) >= 11 is 0. The summed E-state index contributed by atoms with van der Waals surface area (Å²) in [6, 6.07) is 4.14. The SMILES string of the molecule is Cc1ccc([C@H]2CCCN2C(=O)OC(C)(C)C)cn1. The van der Waals surface area contributed by atoms with E-state index in [2.05, 4.69) is 11.1 Å². The molecule has 0 spiro atoms. The van der Waals surface area contributed by atoms with Gasteiger partial charge in [0.1, 0.15) is 5.60 Å². The van der Waals surface area contributed by atoms with Gasteiger partial charge in [0, 0.05) is 18.4 Å². The predicted molar refractivity (Wildman–Crippen MR) is 73.9 cm³/mol. The summed E-state index contributed by atoms with van der Waals surface area (Å²) in [4.78, 5) is 18.3. The van der Waals surface area contributed by atoms with Gasteiger partial charge in [0.2, 0.25) is 0 Å². The maximum Gasteiger partial charge on any atom is 0.410 e. The molecule has 2 rings (SSSR count). The lowest BCUT2D eigenvalue weighted by Gasteiger charge is -2.28. The average Bonchev–Trinajstić information content (AvgIpc) is 2.76. The predicted octanol–water partition coefficient (Wildman–Crippen LogP) is 3.46. The van der Waals surface area contributed by atoms with Gasteiger partial charge in [0.05, 0.1) is 6.04 Å². The lowest BCUT2D eigenvalue weighted by molar-refractivity contribution is 0.0224. The van der Waals surface area contributed by atoms with E-state index in [4.69, 9.17) is 4.74 Å². The molecule has 4 heteroatoms. The maximum atomic E-state index is 12.2. The zero-order valence-electron chi connectivity index (χ0n) is 12.1. The number of hydrogen-bond donors (Lipinski definition) is 0. The molecule has 0 bridgehead atoms. The molecule has 0 unspecified atom stereocenters. The summed E-state index contributed by atoms with van der Waals surface area (Å²) in [6.07, 6.45) is 3.63. The molecular weight excluding hydrogens is 240 g/mol. The van der Waals surface area contributed by atoms with Gasteiger partial charge in [0.15, 0.2) is 0 Å². The Balaban J connectivity index is 2.12. The van der Waals surface area contributed by atoms with E-state index < -0.39 is 5.60 Å². The first-order chi connectivity index (χ1) is 8.87. The Morgan fingerprint density at radius 3 is 2.74 bits per heavy atom. The Morgan fingerprint density at radius 2 is 2.16 bits per heavy atom. The lowest BCUT2D eigenvalue weighted by atomic mass is 10.1. The van der Waals surface area contributed by atoms with Crippen LogP contribution in [0.25, 0.3) is 0 Å². The molecule has 1 atom stereocenters. The summed E-state index contributed by atoms with van der Waals surface area (Å²) in [5, 5.41) is 0. The summed E-state index contributed by atoms with van der Waals surface area (Å²) < 4.78 is 5.46. The molecule has 0 N–H and O–H groups in total. The van der Waals surface area contributed by atoms with Crippen molar-refractivity contribution in [1.82, 2.24) is 9.88 Å². The monoisotopic (exact) mass is 262 g/mol. The van der Waals surface area contributed by atoms with Crippen molar-refractivity contribution in [3.05, 3.63) is 29.6 Å². The van der Waals surface area contributed by atoms with Crippen LogP contribution in [0.3, 0.4) is 0 Å². The van der Waals surface area contributed by atoms with Crippen molar-refractivity contribution >= 4 is 6.09 Å².